The van der Waals surface area contributed by atoms with Crippen LogP contribution < -0.4 is 10.1 Å². The summed E-state index contributed by atoms with van der Waals surface area (Å²) < 4.78 is 5.36. The van der Waals surface area contributed by atoms with Gasteiger partial charge >= 0.3 is 0 Å². The van der Waals surface area contributed by atoms with Gasteiger partial charge in [-0.15, -0.1) is 5.10 Å². The van der Waals surface area contributed by atoms with Crippen molar-refractivity contribution in [2.45, 2.75) is 23.8 Å². The van der Waals surface area contributed by atoms with Gasteiger partial charge in [-0.1, -0.05) is 41.6 Å². The molecule has 1 amide bonds. The van der Waals surface area contributed by atoms with Crippen molar-refractivity contribution in [2.75, 3.05) is 12.4 Å². The van der Waals surface area contributed by atoms with E-state index in [9.17, 15) is 4.79 Å². The number of pyridine rings is 1. The third-order valence-electron chi connectivity index (χ3n) is 4.63. The van der Waals surface area contributed by atoms with Crippen LogP contribution in [0.1, 0.15) is 21.5 Å². The Morgan fingerprint density at radius 3 is 2.74 bits per heavy atom. The van der Waals surface area contributed by atoms with Gasteiger partial charge in [-0.2, -0.15) is 4.98 Å². The molecule has 0 aliphatic carbocycles. The van der Waals surface area contributed by atoms with Crippen molar-refractivity contribution in [3.63, 3.8) is 0 Å². The summed E-state index contributed by atoms with van der Waals surface area (Å²) in [5, 5.41) is 10.3. The van der Waals surface area contributed by atoms with Gasteiger partial charge in [-0.3, -0.25) is 15.2 Å². The Kier molecular flexibility index (Phi) is 5.99. The van der Waals surface area contributed by atoms with Crippen LogP contribution in [0.3, 0.4) is 0 Å². The number of para-hydroxylation sites is 1. The van der Waals surface area contributed by atoms with Crippen molar-refractivity contribution in [2.24, 2.45) is 0 Å². The van der Waals surface area contributed by atoms with Gasteiger partial charge in [0.2, 0.25) is 5.95 Å². The maximum atomic E-state index is 13.0. The van der Waals surface area contributed by atoms with E-state index in [1.807, 2.05) is 43.3 Å². The number of ether oxygens (including phenoxy) is 1. The average Bonchev–Trinajstić information content (AvgIpc) is 3.24. The average molecular weight is 432 g/mol. The molecule has 7 nitrogen and oxygen atoms in total. The van der Waals surface area contributed by atoms with Crippen molar-refractivity contribution in [1.29, 1.82) is 0 Å². The topological polar surface area (TPSA) is 92.8 Å². The molecule has 2 heterocycles. The minimum Gasteiger partial charge on any atom is -0.496 e. The number of aromatic amines is 1. The summed E-state index contributed by atoms with van der Waals surface area (Å²) in [4.78, 5) is 22.8. The Morgan fingerprint density at radius 2 is 1.94 bits per heavy atom. The quantitative estimate of drug-likeness (QED) is 0.451. The lowest BCUT2D eigenvalue weighted by Crippen LogP contribution is -2.14. The van der Waals surface area contributed by atoms with Crippen molar-refractivity contribution in [3.05, 3.63) is 77.5 Å². The first kappa shape index (κ1) is 20.6. The molecule has 0 atom stereocenters. The van der Waals surface area contributed by atoms with E-state index in [1.165, 1.54) is 17.3 Å². The molecule has 0 fully saturated rings. The van der Waals surface area contributed by atoms with Gasteiger partial charge in [0.05, 0.1) is 18.2 Å². The number of amides is 1. The monoisotopic (exact) mass is 431 g/mol. The molecule has 0 aliphatic heterocycles. The first-order valence-electron chi connectivity index (χ1n) is 9.62. The SMILES string of the molecule is COc1ccccc1-c1nc(NC(=O)c2cccnc2Sc2ccc(C)cc2C)n[nH]1. The number of carbonyl (C=O) groups is 1. The fourth-order valence-electron chi connectivity index (χ4n) is 3.11. The molecule has 2 N–H and O–H groups in total. The van der Waals surface area contributed by atoms with E-state index in [0.29, 0.717) is 22.2 Å². The molecule has 2 aromatic heterocycles. The highest BCUT2D eigenvalue weighted by Crippen LogP contribution is 2.32. The van der Waals surface area contributed by atoms with Gasteiger partial charge in [0, 0.05) is 11.1 Å². The van der Waals surface area contributed by atoms with Crippen LogP contribution in [-0.4, -0.2) is 33.2 Å². The fourth-order valence-corrected chi connectivity index (χ4v) is 4.06. The van der Waals surface area contributed by atoms with E-state index in [0.717, 1.165) is 16.0 Å². The largest absolute Gasteiger partial charge is 0.496 e. The van der Waals surface area contributed by atoms with Gasteiger partial charge in [0.15, 0.2) is 5.82 Å². The molecule has 156 valence electrons. The lowest BCUT2D eigenvalue weighted by atomic mass is 10.2. The maximum Gasteiger partial charge on any atom is 0.260 e. The van der Waals surface area contributed by atoms with Crippen molar-refractivity contribution in [1.82, 2.24) is 20.2 Å². The second-order valence-corrected chi connectivity index (χ2v) is 7.92. The smallest absolute Gasteiger partial charge is 0.260 e. The van der Waals surface area contributed by atoms with Crippen LogP contribution in [0, 0.1) is 13.8 Å². The van der Waals surface area contributed by atoms with Crippen LogP contribution in [-0.2, 0) is 0 Å². The van der Waals surface area contributed by atoms with Gasteiger partial charge < -0.3 is 4.74 Å². The summed E-state index contributed by atoms with van der Waals surface area (Å²) in [7, 11) is 1.59. The molecule has 0 saturated carbocycles. The predicted octanol–water partition coefficient (Wildman–Crippen LogP) is 4.90. The Balaban J connectivity index is 1.55. The number of nitrogens with one attached hydrogen (secondary N) is 2. The van der Waals surface area contributed by atoms with E-state index >= 15 is 0 Å². The number of aromatic nitrogens is 4. The van der Waals surface area contributed by atoms with Crippen LogP contribution in [0.5, 0.6) is 5.75 Å². The fraction of sp³-hybridized carbons (Fsp3) is 0.130. The summed E-state index contributed by atoms with van der Waals surface area (Å²) >= 11 is 1.46. The number of rotatable bonds is 6. The van der Waals surface area contributed by atoms with E-state index in [1.54, 1.807) is 25.4 Å². The highest BCUT2D eigenvalue weighted by atomic mass is 32.2. The number of H-pyrrole nitrogens is 1. The minimum absolute atomic E-state index is 0.178. The highest BCUT2D eigenvalue weighted by molar-refractivity contribution is 7.99. The number of nitrogens with zero attached hydrogens (tertiary/aromatic N) is 3. The van der Waals surface area contributed by atoms with Crippen LogP contribution in [0.4, 0.5) is 5.95 Å². The third-order valence-corrected chi connectivity index (χ3v) is 5.82. The van der Waals surface area contributed by atoms with Gasteiger partial charge in [0.25, 0.3) is 5.91 Å². The Morgan fingerprint density at radius 1 is 1.10 bits per heavy atom. The molecule has 0 aliphatic rings. The summed E-state index contributed by atoms with van der Waals surface area (Å²) in [6.45, 7) is 4.10. The Bertz CT molecular complexity index is 1240. The molecule has 0 radical (unpaired) electrons. The molecule has 0 unspecified atom stereocenters. The normalized spacial score (nSPS) is 10.7. The van der Waals surface area contributed by atoms with E-state index in [2.05, 4.69) is 38.5 Å². The molecule has 0 saturated heterocycles. The maximum absolute atomic E-state index is 13.0. The number of aryl methyl sites for hydroxylation is 2. The van der Waals surface area contributed by atoms with Crippen LogP contribution in [0.2, 0.25) is 0 Å². The zero-order valence-corrected chi connectivity index (χ0v) is 18.2. The zero-order chi connectivity index (χ0) is 21.8. The summed E-state index contributed by atoms with van der Waals surface area (Å²) in [6, 6.07) is 17.1. The summed E-state index contributed by atoms with van der Waals surface area (Å²) in [5.41, 5.74) is 3.54. The zero-order valence-electron chi connectivity index (χ0n) is 17.3. The molecule has 0 spiro atoms. The van der Waals surface area contributed by atoms with Crippen molar-refractivity contribution in [3.8, 4) is 17.1 Å². The predicted molar refractivity (Wildman–Crippen MR) is 121 cm³/mol. The molecular weight excluding hydrogens is 410 g/mol. The molecule has 4 rings (SSSR count). The molecule has 0 bridgehead atoms. The molecule has 8 heteroatoms. The second kappa shape index (κ2) is 9.01. The first-order chi connectivity index (χ1) is 15.0. The molecule has 2 aromatic carbocycles. The standard InChI is InChI=1S/C23H21N5O2S/c1-14-10-11-19(15(2)13-14)31-22-17(8-6-12-24-22)21(29)26-23-25-20(27-28-23)16-7-4-5-9-18(16)30-3/h4-13H,1-3H3,(H2,25,26,27,28,29). The lowest BCUT2D eigenvalue weighted by molar-refractivity contribution is 0.102. The molecule has 4 aromatic rings. The number of anilines is 1. The summed E-state index contributed by atoms with van der Waals surface area (Å²) in [6.07, 6.45) is 1.68. The number of carbonyl (C=O) groups excluding carboxylic acids is 1. The van der Waals surface area contributed by atoms with Gasteiger partial charge in [-0.05, 0) is 49.7 Å². The lowest BCUT2D eigenvalue weighted by Gasteiger charge is -2.09. The van der Waals surface area contributed by atoms with Crippen LogP contribution in [0.15, 0.2) is 70.7 Å². The highest BCUT2D eigenvalue weighted by Gasteiger charge is 2.17. The number of methoxy groups -OCH3 is 1. The van der Waals surface area contributed by atoms with Crippen LogP contribution in [0.25, 0.3) is 11.4 Å². The third kappa shape index (κ3) is 4.59. The number of benzene rings is 2. The molecule has 31 heavy (non-hydrogen) atoms. The van der Waals surface area contributed by atoms with E-state index in [4.69, 9.17) is 4.74 Å². The van der Waals surface area contributed by atoms with Crippen LogP contribution >= 0.6 is 11.8 Å². The van der Waals surface area contributed by atoms with E-state index in [-0.39, 0.29) is 11.9 Å². The number of hydrogen-bond acceptors (Lipinski definition) is 6. The van der Waals surface area contributed by atoms with Gasteiger partial charge in [0.1, 0.15) is 10.8 Å². The summed E-state index contributed by atoms with van der Waals surface area (Å²) in [5.74, 6) is 1.02. The Hall–Kier alpha value is -3.65. The number of hydrogen-bond donors (Lipinski definition) is 2. The van der Waals surface area contributed by atoms with E-state index < -0.39 is 0 Å². The van der Waals surface area contributed by atoms with Crippen molar-refractivity contribution >= 4 is 23.6 Å². The van der Waals surface area contributed by atoms with Crippen molar-refractivity contribution < 1.29 is 9.53 Å². The molecular formula is C23H21N5O2S. The van der Waals surface area contributed by atoms with Gasteiger partial charge in [-0.25, -0.2) is 4.98 Å². The minimum atomic E-state index is -0.328. The first-order valence-corrected chi connectivity index (χ1v) is 10.4. The Labute approximate surface area is 184 Å². The second-order valence-electron chi connectivity index (χ2n) is 6.89.